The number of carbonyl (C=O) groups is 3. The second kappa shape index (κ2) is 4.73. The van der Waals surface area contributed by atoms with Gasteiger partial charge in [0.05, 0.1) is 11.0 Å². The minimum absolute atomic E-state index is 0.113. The molecule has 1 atom stereocenters. The Morgan fingerprint density at radius 3 is 2.76 bits per heavy atom. The molecule has 2 aliphatic heterocycles. The summed E-state index contributed by atoms with van der Waals surface area (Å²) >= 11 is 5.74. The highest BCUT2D eigenvalue weighted by molar-refractivity contribution is 6.30. The van der Waals surface area contributed by atoms with Gasteiger partial charge in [0.1, 0.15) is 5.75 Å². The van der Waals surface area contributed by atoms with Crippen molar-refractivity contribution in [2.24, 2.45) is 5.41 Å². The summed E-state index contributed by atoms with van der Waals surface area (Å²) in [6.07, 6.45) is 0.562. The number of hydrogen-bond acceptors (Lipinski definition) is 4. The monoisotopic (exact) mass is 308 g/mol. The van der Waals surface area contributed by atoms with E-state index in [0.717, 1.165) is 0 Å². The number of amides is 3. The average Bonchev–Trinajstić information content (AvgIpc) is 2.94. The zero-order valence-electron chi connectivity index (χ0n) is 11.1. The second-order valence-electron chi connectivity index (χ2n) is 5.47. The molecule has 1 aromatic rings. The van der Waals surface area contributed by atoms with Crippen LogP contribution in [0.25, 0.3) is 0 Å². The van der Waals surface area contributed by atoms with Crippen LogP contribution < -0.4 is 5.32 Å². The number of likely N-dealkylation sites (tertiary alicyclic amines) is 1. The molecule has 0 aromatic heterocycles. The lowest BCUT2D eigenvalue weighted by molar-refractivity contribution is -0.128. The SMILES string of the molecule is O=C1C[C@@]2(CCN(C(=O)c3ccc(Cl)cc3O)C2)C(=O)N1. The zero-order chi connectivity index (χ0) is 15.2. The van der Waals surface area contributed by atoms with Crippen LogP contribution in [0.3, 0.4) is 0 Å². The van der Waals surface area contributed by atoms with Gasteiger partial charge in [-0.15, -0.1) is 0 Å². The fourth-order valence-corrected chi connectivity index (χ4v) is 3.09. The van der Waals surface area contributed by atoms with E-state index in [9.17, 15) is 19.5 Å². The van der Waals surface area contributed by atoms with Crippen molar-refractivity contribution >= 4 is 29.3 Å². The number of rotatable bonds is 1. The number of nitrogens with one attached hydrogen (secondary N) is 1. The predicted molar refractivity (Wildman–Crippen MR) is 73.8 cm³/mol. The van der Waals surface area contributed by atoms with Crippen LogP contribution in [0.5, 0.6) is 5.75 Å². The molecule has 1 aromatic carbocycles. The molecular weight excluding hydrogens is 296 g/mol. The Kier molecular flexibility index (Phi) is 3.13. The quantitative estimate of drug-likeness (QED) is 0.755. The maximum atomic E-state index is 12.4. The summed E-state index contributed by atoms with van der Waals surface area (Å²) in [5.41, 5.74) is -0.671. The maximum absolute atomic E-state index is 12.4. The lowest BCUT2D eigenvalue weighted by Gasteiger charge is -2.20. The predicted octanol–water partition coefficient (Wildman–Crippen LogP) is 0.924. The van der Waals surface area contributed by atoms with Gasteiger partial charge in [0, 0.05) is 24.5 Å². The Balaban J connectivity index is 1.82. The Labute approximate surface area is 125 Å². The molecule has 7 heteroatoms. The Hall–Kier alpha value is -2.08. The van der Waals surface area contributed by atoms with E-state index in [1.165, 1.54) is 23.1 Å². The largest absolute Gasteiger partial charge is 0.507 e. The van der Waals surface area contributed by atoms with Gasteiger partial charge in [-0.25, -0.2) is 0 Å². The first-order valence-corrected chi connectivity index (χ1v) is 6.91. The number of carbonyl (C=O) groups excluding carboxylic acids is 3. The van der Waals surface area contributed by atoms with Crippen LogP contribution >= 0.6 is 11.6 Å². The highest BCUT2D eigenvalue weighted by Gasteiger charge is 2.51. The summed E-state index contributed by atoms with van der Waals surface area (Å²) in [5, 5.41) is 12.4. The Bertz CT molecular complexity index is 660. The van der Waals surface area contributed by atoms with Crippen molar-refractivity contribution in [2.75, 3.05) is 13.1 Å². The van der Waals surface area contributed by atoms with Crippen molar-refractivity contribution in [3.05, 3.63) is 28.8 Å². The normalized spacial score (nSPS) is 24.7. The van der Waals surface area contributed by atoms with Crippen LogP contribution in [0.1, 0.15) is 23.2 Å². The molecule has 6 nitrogen and oxygen atoms in total. The van der Waals surface area contributed by atoms with Crippen LogP contribution in [0.4, 0.5) is 0 Å². The average molecular weight is 309 g/mol. The number of nitrogens with zero attached hydrogens (tertiary/aromatic N) is 1. The van der Waals surface area contributed by atoms with Gasteiger partial charge in [-0.1, -0.05) is 11.6 Å². The van der Waals surface area contributed by atoms with E-state index in [1.54, 1.807) is 0 Å². The molecule has 2 N–H and O–H groups in total. The summed E-state index contributed by atoms with van der Waals surface area (Å²) in [4.78, 5) is 37.2. The van der Waals surface area contributed by atoms with Crippen molar-refractivity contribution in [1.82, 2.24) is 10.2 Å². The lowest BCUT2D eigenvalue weighted by atomic mass is 9.85. The maximum Gasteiger partial charge on any atom is 0.257 e. The first-order chi connectivity index (χ1) is 9.91. The standard InChI is InChI=1S/C14H13ClN2O4/c15-8-1-2-9(10(18)5-8)12(20)17-4-3-14(7-17)6-11(19)16-13(14)21/h1-2,5,18H,3-4,6-7H2,(H,16,19,21)/t14-/m1/s1. The Morgan fingerprint density at radius 1 is 1.38 bits per heavy atom. The topological polar surface area (TPSA) is 86.7 Å². The van der Waals surface area contributed by atoms with E-state index >= 15 is 0 Å². The van der Waals surface area contributed by atoms with E-state index in [4.69, 9.17) is 11.6 Å². The molecule has 3 rings (SSSR count). The molecule has 2 fully saturated rings. The molecule has 2 saturated heterocycles. The van der Waals surface area contributed by atoms with E-state index in [-0.39, 0.29) is 42.0 Å². The van der Waals surface area contributed by atoms with Crippen LogP contribution in [0, 0.1) is 5.41 Å². The molecule has 0 aliphatic carbocycles. The van der Waals surface area contributed by atoms with E-state index in [2.05, 4.69) is 5.32 Å². The minimum atomic E-state index is -0.811. The number of phenolic OH excluding ortho intramolecular Hbond substituents is 1. The molecule has 1 spiro atoms. The summed E-state index contributed by atoms with van der Waals surface area (Å²) < 4.78 is 0. The molecule has 3 amide bonds. The summed E-state index contributed by atoms with van der Waals surface area (Å²) in [6, 6.07) is 4.27. The van der Waals surface area contributed by atoms with Gasteiger partial charge >= 0.3 is 0 Å². The lowest BCUT2D eigenvalue weighted by Crippen LogP contribution is -2.36. The molecule has 0 bridgehead atoms. The molecule has 0 saturated carbocycles. The van der Waals surface area contributed by atoms with Gasteiger partial charge in [0.15, 0.2) is 0 Å². The number of hydrogen-bond donors (Lipinski definition) is 2. The van der Waals surface area contributed by atoms with E-state index in [0.29, 0.717) is 18.0 Å². The molecule has 0 unspecified atom stereocenters. The minimum Gasteiger partial charge on any atom is -0.507 e. The van der Waals surface area contributed by atoms with Crippen LogP contribution in [0.15, 0.2) is 18.2 Å². The number of phenols is 1. The molecule has 21 heavy (non-hydrogen) atoms. The third kappa shape index (κ3) is 2.25. The Morgan fingerprint density at radius 2 is 2.14 bits per heavy atom. The van der Waals surface area contributed by atoms with Gasteiger partial charge in [-0.2, -0.15) is 0 Å². The number of halogens is 1. The first-order valence-electron chi connectivity index (χ1n) is 6.53. The van der Waals surface area contributed by atoms with Gasteiger partial charge in [-0.3, -0.25) is 19.7 Å². The van der Waals surface area contributed by atoms with E-state index in [1.807, 2.05) is 0 Å². The van der Waals surface area contributed by atoms with Crippen LogP contribution in [0.2, 0.25) is 5.02 Å². The van der Waals surface area contributed by atoms with Crippen LogP contribution in [-0.2, 0) is 9.59 Å². The molecule has 2 heterocycles. The fourth-order valence-electron chi connectivity index (χ4n) is 2.92. The van der Waals surface area contributed by atoms with Crippen molar-refractivity contribution < 1.29 is 19.5 Å². The number of aromatic hydroxyl groups is 1. The van der Waals surface area contributed by atoms with Crippen molar-refractivity contribution in [2.45, 2.75) is 12.8 Å². The van der Waals surface area contributed by atoms with E-state index < -0.39 is 5.41 Å². The smallest absolute Gasteiger partial charge is 0.257 e. The zero-order valence-corrected chi connectivity index (χ0v) is 11.8. The van der Waals surface area contributed by atoms with Gasteiger partial charge < -0.3 is 10.0 Å². The van der Waals surface area contributed by atoms with Gasteiger partial charge in [0.25, 0.3) is 5.91 Å². The summed E-state index contributed by atoms with van der Waals surface area (Å²) in [5.74, 6) is -1.18. The number of imide groups is 1. The van der Waals surface area contributed by atoms with Crippen molar-refractivity contribution in [1.29, 1.82) is 0 Å². The first kappa shape index (κ1) is 13.9. The summed E-state index contributed by atoms with van der Waals surface area (Å²) in [6.45, 7) is 0.563. The van der Waals surface area contributed by atoms with Gasteiger partial charge in [-0.05, 0) is 24.6 Å². The van der Waals surface area contributed by atoms with Crippen molar-refractivity contribution in [3.63, 3.8) is 0 Å². The number of benzene rings is 1. The molecule has 0 radical (unpaired) electrons. The molecule has 110 valence electrons. The highest BCUT2D eigenvalue weighted by Crippen LogP contribution is 2.38. The van der Waals surface area contributed by atoms with Crippen LogP contribution in [-0.4, -0.2) is 40.8 Å². The second-order valence-corrected chi connectivity index (χ2v) is 5.91. The molecule has 2 aliphatic rings. The molecular formula is C14H13ClN2O4. The third-order valence-corrected chi connectivity index (χ3v) is 4.30. The fraction of sp³-hybridized carbons (Fsp3) is 0.357. The van der Waals surface area contributed by atoms with Gasteiger partial charge in [0.2, 0.25) is 11.8 Å². The van der Waals surface area contributed by atoms with Crippen molar-refractivity contribution in [3.8, 4) is 5.75 Å². The summed E-state index contributed by atoms with van der Waals surface area (Å²) in [7, 11) is 0. The highest BCUT2D eigenvalue weighted by atomic mass is 35.5. The third-order valence-electron chi connectivity index (χ3n) is 4.06.